The summed E-state index contributed by atoms with van der Waals surface area (Å²) in [7, 11) is 1.58. The topological polar surface area (TPSA) is 87.7 Å². The number of aliphatic carboxylic acids is 1. The smallest absolute Gasteiger partial charge is 0.315 e. The molecular weight excluding hydrogens is 236 g/mol. The monoisotopic (exact) mass is 258 g/mol. The van der Waals surface area contributed by atoms with E-state index in [0.29, 0.717) is 19.4 Å². The first-order valence-corrected chi connectivity index (χ1v) is 6.14. The molecule has 0 radical (unpaired) electrons. The third kappa shape index (κ3) is 4.52. The number of methoxy groups -OCH3 is 1. The number of nitrogens with one attached hydrogen (secondary N) is 2. The average molecular weight is 258 g/mol. The van der Waals surface area contributed by atoms with Crippen molar-refractivity contribution in [2.45, 2.75) is 44.7 Å². The van der Waals surface area contributed by atoms with Gasteiger partial charge in [0.05, 0.1) is 18.1 Å². The maximum absolute atomic E-state index is 11.7. The van der Waals surface area contributed by atoms with E-state index in [2.05, 4.69) is 10.6 Å². The minimum absolute atomic E-state index is 0.0514. The molecule has 6 heteroatoms. The fourth-order valence-electron chi connectivity index (χ4n) is 2.26. The lowest BCUT2D eigenvalue weighted by molar-refractivity contribution is -0.141. The van der Waals surface area contributed by atoms with Crippen LogP contribution in [0.25, 0.3) is 0 Å². The molecule has 0 saturated heterocycles. The lowest BCUT2D eigenvalue weighted by Gasteiger charge is -2.26. The average Bonchev–Trinajstić information content (AvgIpc) is 2.64. The minimum atomic E-state index is -0.778. The highest BCUT2D eigenvalue weighted by Gasteiger charge is 2.31. The van der Waals surface area contributed by atoms with Crippen molar-refractivity contribution in [2.75, 3.05) is 13.7 Å². The summed E-state index contributed by atoms with van der Waals surface area (Å²) in [5.74, 6) is -1.11. The van der Waals surface area contributed by atoms with Crippen LogP contribution < -0.4 is 10.6 Å². The first kappa shape index (κ1) is 14.8. The summed E-state index contributed by atoms with van der Waals surface area (Å²) in [5, 5.41) is 14.5. The molecule has 0 aromatic heterocycles. The Hall–Kier alpha value is -1.30. The summed E-state index contributed by atoms with van der Waals surface area (Å²) in [6.07, 6.45) is 1.85. The molecule has 0 aromatic rings. The second-order valence-corrected chi connectivity index (χ2v) is 5.46. The summed E-state index contributed by atoms with van der Waals surface area (Å²) in [6.45, 7) is 4.15. The molecule has 2 atom stereocenters. The second-order valence-electron chi connectivity index (χ2n) is 5.46. The Morgan fingerprint density at radius 2 is 2.06 bits per heavy atom. The minimum Gasteiger partial charge on any atom is -0.481 e. The molecule has 0 spiro atoms. The van der Waals surface area contributed by atoms with Crippen molar-refractivity contribution >= 4 is 12.0 Å². The molecule has 104 valence electrons. The highest BCUT2D eigenvalue weighted by atomic mass is 16.5. The van der Waals surface area contributed by atoms with Gasteiger partial charge in [0.15, 0.2) is 0 Å². The van der Waals surface area contributed by atoms with Crippen LogP contribution in [0.5, 0.6) is 0 Å². The fourth-order valence-corrected chi connectivity index (χ4v) is 2.26. The predicted molar refractivity (Wildman–Crippen MR) is 66.4 cm³/mol. The van der Waals surface area contributed by atoms with Gasteiger partial charge in [-0.25, -0.2) is 4.79 Å². The van der Waals surface area contributed by atoms with Gasteiger partial charge >= 0.3 is 12.0 Å². The molecule has 18 heavy (non-hydrogen) atoms. The zero-order chi connectivity index (χ0) is 13.8. The van der Waals surface area contributed by atoms with Gasteiger partial charge in [0.1, 0.15) is 0 Å². The molecule has 1 aliphatic carbocycles. The first-order valence-electron chi connectivity index (χ1n) is 6.14. The van der Waals surface area contributed by atoms with Gasteiger partial charge in [0.25, 0.3) is 0 Å². The van der Waals surface area contributed by atoms with E-state index in [1.807, 2.05) is 13.8 Å². The highest BCUT2D eigenvalue weighted by molar-refractivity contribution is 5.75. The van der Waals surface area contributed by atoms with E-state index in [4.69, 9.17) is 9.84 Å². The standard InChI is InChI=1S/C12H22N2O4/c1-12(2,7-18-3)14-11(17)13-9-5-4-8(6-9)10(15)16/h8-9H,4-7H2,1-3H3,(H,15,16)(H2,13,14,17)/t8-,9+/m1/s1. The maximum atomic E-state index is 11.7. The molecule has 1 aliphatic rings. The van der Waals surface area contributed by atoms with Gasteiger partial charge in [0.2, 0.25) is 0 Å². The SMILES string of the molecule is COCC(C)(C)NC(=O)N[C@H]1CC[C@@H](C(=O)O)C1. The Kier molecular flexibility index (Phi) is 4.95. The number of carbonyl (C=O) groups is 2. The number of amides is 2. The Labute approximate surface area is 107 Å². The van der Waals surface area contributed by atoms with E-state index >= 15 is 0 Å². The third-order valence-electron chi connectivity index (χ3n) is 3.07. The van der Waals surface area contributed by atoms with Crippen LogP contribution in [0, 0.1) is 5.92 Å². The van der Waals surface area contributed by atoms with Gasteiger partial charge < -0.3 is 20.5 Å². The molecule has 1 saturated carbocycles. The molecule has 6 nitrogen and oxygen atoms in total. The van der Waals surface area contributed by atoms with Crippen molar-refractivity contribution in [3.63, 3.8) is 0 Å². The molecule has 0 unspecified atom stereocenters. The number of ether oxygens (including phenoxy) is 1. The molecule has 1 fully saturated rings. The number of rotatable bonds is 5. The van der Waals surface area contributed by atoms with Crippen molar-refractivity contribution in [1.82, 2.24) is 10.6 Å². The number of hydrogen-bond donors (Lipinski definition) is 3. The van der Waals surface area contributed by atoms with E-state index in [0.717, 1.165) is 6.42 Å². The molecule has 3 N–H and O–H groups in total. The zero-order valence-corrected chi connectivity index (χ0v) is 11.2. The van der Waals surface area contributed by atoms with Crippen molar-refractivity contribution in [2.24, 2.45) is 5.92 Å². The molecule has 0 heterocycles. The van der Waals surface area contributed by atoms with Crippen molar-refractivity contribution in [3.8, 4) is 0 Å². The lowest BCUT2D eigenvalue weighted by atomic mass is 10.1. The quantitative estimate of drug-likeness (QED) is 0.685. The van der Waals surface area contributed by atoms with Crippen LogP contribution in [-0.4, -0.2) is 42.4 Å². The molecular formula is C12H22N2O4. The molecule has 0 bridgehead atoms. The summed E-state index contributed by atoms with van der Waals surface area (Å²) < 4.78 is 5.01. The normalized spacial score (nSPS) is 23.7. The van der Waals surface area contributed by atoms with Crippen LogP contribution in [-0.2, 0) is 9.53 Å². The van der Waals surface area contributed by atoms with E-state index in [1.54, 1.807) is 7.11 Å². The molecule has 1 rings (SSSR count). The Balaban J connectivity index is 2.35. The van der Waals surface area contributed by atoms with Crippen LogP contribution in [0.4, 0.5) is 4.79 Å². The van der Waals surface area contributed by atoms with E-state index in [9.17, 15) is 9.59 Å². The number of urea groups is 1. The predicted octanol–water partition coefficient (Wildman–Crippen LogP) is 0.964. The summed E-state index contributed by atoms with van der Waals surface area (Å²) in [5.41, 5.74) is -0.441. The summed E-state index contributed by atoms with van der Waals surface area (Å²) in [4.78, 5) is 22.5. The van der Waals surface area contributed by atoms with Gasteiger partial charge in [-0.2, -0.15) is 0 Å². The van der Waals surface area contributed by atoms with Crippen molar-refractivity contribution in [3.05, 3.63) is 0 Å². The Morgan fingerprint density at radius 1 is 1.39 bits per heavy atom. The van der Waals surface area contributed by atoms with E-state index in [1.165, 1.54) is 0 Å². The van der Waals surface area contributed by atoms with Crippen LogP contribution in [0.3, 0.4) is 0 Å². The molecule has 0 aliphatic heterocycles. The van der Waals surface area contributed by atoms with E-state index in [-0.39, 0.29) is 18.0 Å². The van der Waals surface area contributed by atoms with Crippen molar-refractivity contribution in [1.29, 1.82) is 0 Å². The number of hydrogen-bond acceptors (Lipinski definition) is 3. The lowest BCUT2D eigenvalue weighted by Crippen LogP contribution is -2.52. The molecule has 2 amide bonds. The van der Waals surface area contributed by atoms with Crippen LogP contribution in [0.15, 0.2) is 0 Å². The fraction of sp³-hybridized carbons (Fsp3) is 0.833. The maximum Gasteiger partial charge on any atom is 0.315 e. The van der Waals surface area contributed by atoms with Crippen LogP contribution in [0.1, 0.15) is 33.1 Å². The molecule has 0 aromatic carbocycles. The van der Waals surface area contributed by atoms with Gasteiger partial charge in [-0.05, 0) is 33.1 Å². The number of carboxylic acids is 1. The second kappa shape index (κ2) is 6.04. The van der Waals surface area contributed by atoms with Crippen molar-refractivity contribution < 1.29 is 19.4 Å². The van der Waals surface area contributed by atoms with E-state index < -0.39 is 11.5 Å². The highest BCUT2D eigenvalue weighted by Crippen LogP contribution is 2.25. The Morgan fingerprint density at radius 3 is 2.56 bits per heavy atom. The van der Waals surface area contributed by atoms with Crippen LogP contribution in [0.2, 0.25) is 0 Å². The van der Waals surface area contributed by atoms with Gasteiger partial charge in [-0.15, -0.1) is 0 Å². The third-order valence-corrected chi connectivity index (χ3v) is 3.07. The van der Waals surface area contributed by atoms with Gasteiger partial charge in [-0.3, -0.25) is 4.79 Å². The first-order chi connectivity index (χ1) is 8.34. The van der Waals surface area contributed by atoms with Crippen LogP contribution >= 0.6 is 0 Å². The Bertz CT molecular complexity index is 317. The largest absolute Gasteiger partial charge is 0.481 e. The summed E-state index contributed by atoms with van der Waals surface area (Å²) in [6, 6.07) is -0.322. The number of carbonyl (C=O) groups excluding carboxylic acids is 1. The number of carboxylic acid groups (broad SMARTS) is 1. The summed E-state index contributed by atoms with van der Waals surface area (Å²) >= 11 is 0. The van der Waals surface area contributed by atoms with Gasteiger partial charge in [0, 0.05) is 13.2 Å². The van der Waals surface area contributed by atoms with Gasteiger partial charge in [-0.1, -0.05) is 0 Å². The zero-order valence-electron chi connectivity index (χ0n) is 11.2.